The van der Waals surface area contributed by atoms with E-state index in [1.165, 1.54) is 38.5 Å². The van der Waals surface area contributed by atoms with Crippen LogP contribution in [0.2, 0.25) is 0 Å². The maximum Gasteiger partial charge on any atom is 0.472 e. The molecule has 0 fully saturated rings. The van der Waals surface area contributed by atoms with E-state index in [2.05, 4.69) is 215 Å². The van der Waals surface area contributed by atoms with Gasteiger partial charge in [-0.3, -0.25) is 32.5 Å². The number of phosphoric acid groups is 2. The van der Waals surface area contributed by atoms with Crippen LogP contribution in [0.3, 0.4) is 0 Å². The Kier molecular flexibility index (Phi) is 79.6. The van der Waals surface area contributed by atoms with Crippen molar-refractivity contribution in [2.24, 2.45) is 0 Å². The quantitative estimate of drug-likeness (QED) is 0.0146. The van der Waals surface area contributed by atoms with E-state index in [1.54, 1.807) is 0 Å². The summed E-state index contributed by atoms with van der Waals surface area (Å²) in [6.45, 7) is 2.31. The monoisotopic (exact) mass is 1590 g/mol. The molecule has 0 heterocycles. The van der Waals surface area contributed by atoms with Crippen molar-refractivity contribution in [2.75, 3.05) is 39.6 Å². The first-order valence-corrected chi connectivity index (χ1v) is 45.7. The third kappa shape index (κ3) is 85.1. The Morgan fingerprint density at radius 1 is 0.252 bits per heavy atom. The summed E-state index contributed by atoms with van der Waals surface area (Å²) in [5.41, 5.74) is 0. The van der Waals surface area contributed by atoms with E-state index in [0.717, 1.165) is 218 Å². The third-order valence-electron chi connectivity index (χ3n) is 17.3. The maximum absolute atomic E-state index is 13.1. The van der Waals surface area contributed by atoms with Crippen molar-refractivity contribution >= 4 is 33.6 Å². The first-order valence-electron chi connectivity index (χ1n) is 42.7. The highest BCUT2D eigenvalue weighted by molar-refractivity contribution is 7.47. The molecule has 5 atom stereocenters. The molecule has 0 bridgehead atoms. The second-order valence-electron chi connectivity index (χ2n) is 27.8. The van der Waals surface area contributed by atoms with Gasteiger partial charge in [0.1, 0.15) is 25.4 Å². The minimum absolute atomic E-state index is 0.0800. The van der Waals surface area contributed by atoms with Crippen molar-refractivity contribution in [1.82, 2.24) is 0 Å². The molecule has 0 aromatic carbocycles. The highest BCUT2D eigenvalue weighted by Gasteiger charge is 2.29. The molecular weight excluding hydrogens is 1430 g/mol. The molecule has 16 nitrogen and oxygen atoms in total. The van der Waals surface area contributed by atoms with Gasteiger partial charge in [0, 0.05) is 19.3 Å². The number of phosphoric ester groups is 2. The number of ether oxygens (including phenoxy) is 3. The summed E-state index contributed by atoms with van der Waals surface area (Å²) >= 11 is 0. The number of aliphatic hydroxyl groups excluding tert-OH is 2. The normalized spacial score (nSPS) is 14.8. The standard InChI is InChI=1S/C93H152O16P2/c1-4-7-10-13-16-19-22-25-28-31-34-37-40-42-43-45-48-49-52-55-58-61-64-67-70-73-76-79-91(96)103-82-88(94)83-105-110(99,100)106-84-89(95)85-107-111(101,102)108-87-90(109-93(98)81-78-75-72-69-66-63-60-57-54-51-46-39-36-33-30-27-24-21-18-15-12-9-6-3)86-104-92(97)80-77-74-71-68-65-62-59-56-53-50-47-44-41-38-35-32-29-26-23-20-17-14-11-8-5-2/h7-12,16-21,25-30,34-39,42-44,47,51,53-54,56,88-90,94-95H,4-6,13-15,22-24,31-33,40-41,45-46,48-50,52,55,57-87H2,1-3H3,(H,99,100)(H,101,102)/b10-7-,11-8-,12-9-,19-16-,20-17-,21-18-,28-25-,29-26-,30-27-,37-34-,38-35-,39-36-,43-42-,47-44-,54-51-,56-53-. The Labute approximate surface area is 674 Å². The fourth-order valence-corrected chi connectivity index (χ4v) is 12.5. The first-order chi connectivity index (χ1) is 54.2. The van der Waals surface area contributed by atoms with Gasteiger partial charge < -0.3 is 34.2 Å². The molecule has 5 unspecified atom stereocenters. The van der Waals surface area contributed by atoms with Crippen LogP contribution in [0.5, 0.6) is 0 Å². The van der Waals surface area contributed by atoms with Gasteiger partial charge in [-0.2, -0.15) is 0 Å². The predicted octanol–water partition coefficient (Wildman–Crippen LogP) is 25.9. The molecule has 0 amide bonds. The van der Waals surface area contributed by atoms with Gasteiger partial charge in [0.2, 0.25) is 0 Å². The molecular formula is C93H152O16P2. The zero-order valence-electron chi connectivity index (χ0n) is 69.1. The summed E-state index contributed by atoms with van der Waals surface area (Å²) in [4.78, 5) is 58.9. The molecule has 630 valence electrons. The van der Waals surface area contributed by atoms with Gasteiger partial charge in [-0.1, -0.05) is 331 Å². The number of esters is 3. The van der Waals surface area contributed by atoms with Gasteiger partial charge in [-0.15, -0.1) is 0 Å². The number of hydrogen-bond acceptors (Lipinski definition) is 14. The molecule has 0 aromatic rings. The van der Waals surface area contributed by atoms with Gasteiger partial charge in [-0.25, -0.2) is 9.13 Å². The van der Waals surface area contributed by atoms with Crippen molar-refractivity contribution in [2.45, 2.75) is 334 Å². The zero-order valence-corrected chi connectivity index (χ0v) is 70.8. The minimum atomic E-state index is -4.95. The van der Waals surface area contributed by atoms with Crippen LogP contribution in [0.25, 0.3) is 0 Å². The van der Waals surface area contributed by atoms with Crippen LogP contribution in [-0.2, 0) is 55.8 Å². The number of carbonyl (C=O) groups is 3. The first kappa shape index (κ1) is 105. The lowest BCUT2D eigenvalue weighted by molar-refractivity contribution is -0.161. The van der Waals surface area contributed by atoms with Crippen molar-refractivity contribution < 1.29 is 75.8 Å². The van der Waals surface area contributed by atoms with E-state index in [4.69, 9.17) is 32.3 Å². The van der Waals surface area contributed by atoms with E-state index in [1.807, 2.05) is 0 Å². The topological polar surface area (TPSA) is 231 Å². The third-order valence-corrected chi connectivity index (χ3v) is 19.2. The van der Waals surface area contributed by atoms with Crippen molar-refractivity contribution in [1.29, 1.82) is 0 Å². The van der Waals surface area contributed by atoms with E-state index in [0.29, 0.717) is 19.3 Å². The van der Waals surface area contributed by atoms with Crippen LogP contribution in [-0.4, -0.2) is 95.9 Å². The second-order valence-corrected chi connectivity index (χ2v) is 30.7. The fourth-order valence-electron chi connectivity index (χ4n) is 10.9. The summed E-state index contributed by atoms with van der Waals surface area (Å²) in [7, 11) is -9.82. The minimum Gasteiger partial charge on any atom is -0.463 e. The van der Waals surface area contributed by atoms with Gasteiger partial charge in [0.05, 0.1) is 26.4 Å². The molecule has 0 aliphatic heterocycles. The second kappa shape index (κ2) is 83.8. The summed E-state index contributed by atoms with van der Waals surface area (Å²) in [5, 5.41) is 20.7. The molecule has 0 saturated carbocycles. The highest BCUT2D eigenvalue weighted by atomic mass is 31.2. The lowest BCUT2D eigenvalue weighted by atomic mass is 10.0. The number of hydrogen-bond donors (Lipinski definition) is 4. The largest absolute Gasteiger partial charge is 0.472 e. The molecule has 0 aliphatic rings. The molecule has 0 spiro atoms. The van der Waals surface area contributed by atoms with Gasteiger partial charge in [0.25, 0.3) is 0 Å². The number of rotatable bonds is 79. The number of aliphatic hydroxyl groups is 2. The van der Waals surface area contributed by atoms with Crippen molar-refractivity contribution in [3.8, 4) is 0 Å². The van der Waals surface area contributed by atoms with Gasteiger partial charge >= 0.3 is 33.6 Å². The van der Waals surface area contributed by atoms with Crippen LogP contribution in [0, 0.1) is 0 Å². The molecule has 4 N–H and O–H groups in total. The van der Waals surface area contributed by atoms with Gasteiger partial charge in [0.15, 0.2) is 6.10 Å². The van der Waals surface area contributed by atoms with E-state index in [-0.39, 0.29) is 19.3 Å². The van der Waals surface area contributed by atoms with Crippen LogP contribution >= 0.6 is 15.6 Å². The molecule has 18 heteroatoms. The lowest BCUT2D eigenvalue weighted by Crippen LogP contribution is -2.30. The Morgan fingerprint density at radius 3 is 0.712 bits per heavy atom. The molecule has 0 aliphatic carbocycles. The van der Waals surface area contributed by atoms with Crippen molar-refractivity contribution in [3.05, 3.63) is 194 Å². The SMILES string of the molecule is CC/C=C\C/C=C\C/C=C\C/C=C\C/C=C\C/C=C\CCCCCCCCC(=O)OCC(COP(=O)(O)OCC(O)COP(=O)(O)OCC(O)COC(=O)CCCCCCCCCCCCC/C=C\C/C=C\C/C=C\C/C=C\C/C=C\CC)OC(=O)CCCCCCCCC/C=C\C/C=C\C/C=C\C/C=C\C/C=C\CC. The molecule has 111 heavy (non-hydrogen) atoms. The molecule has 0 saturated heterocycles. The maximum atomic E-state index is 13.1. The summed E-state index contributed by atoms with van der Waals surface area (Å²) in [6, 6.07) is 0. The van der Waals surface area contributed by atoms with Crippen LogP contribution in [0.4, 0.5) is 0 Å². The summed E-state index contributed by atoms with van der Waals surface area (Å²) < 4.78 is 61.4. The Bertz CT molecular complexity index is 2800. The fraction of sp³-hybridized carbons (Fsp3) is 0.624. The van der Waals surface area contributed by atoms with E-state index >= 15 is 0 Å². The van der Waals surface area contributed by atoms with E-state index < -0.39 is 91.5 Å². The highest BCUT2D eigenvalue weighted by Crippen LogP contribution is 2.45. The smallest absolute Gasteiger partial charge is 0.463 e. The van der Waals surface area contributed by atoms with Gasteiger partial charge in [-0.05, 0) is 161 Å². The molecule has 0 aromatic heterocycles. The molecule has 0 radical (unpaired) electrons. The summed E-state index contributed by atoms with van der Waals surface area (Å²) in [5.74, 6) is -1.61. The van der Waals surface area contributed by atoms with E-state index in [9.17, 15) is 43.5 Å². The summed E-state index contributed by atoms with van der Waals surface area (Å²) in [6.07, 6.45) is 110. The van der Waals surface area contributed by atoms with Crippen LogP contribution < -0.4 is 0 Å². The number of carbonyl (C=O) groups excluding carboxylic acids is 3. The number of unbranched alkanes of at least 4 members (excludes halogenated alkanes) is 24. The molecule has 0 rings (SSSR count). The predicted molar refractivity (Wildman–Crippen MR) is 463 cm³/mol. The van der Waals surface area contributed by atoms with Crippen LogP contribution in [0.1, 0.15) is 316 Å². The average molecular weight is 1590 g/mol. The zero-order chi connectivity index (χ0) is 80.8. The average Bonchev–Trinajstić information content (AvgIpc) is 0.898. The Morgan fingerprint density at radius 2 is 0.450 bits per heavy atom. The Hall–Kier alpha value is -5.61. The lowest BCUT2D eigenvalue weighted by Gasteiger charge is -2.21. The Balaban J connectivity index is 4.72. The van der Waals surface area contributed by atoms with Crippen LogP contribution in [0.15, 0.2) is 194 Å². The van der Waals surface area contributed by atoms with Crippen molar-refractivity contribution in [3.63, 3.8) is 0 Å². The number of allylic oxidation sites excluding steroid dienone is 32.